The highest BCUT2D eigenvalue weighted by molar-refractivity contribution is 5.92. The van der Waals surface area contributed by atoms with Crippen LogP contribution in [0.5, 0.6) is 5.75 Å². The van der Waals surface area contributed by atoms with Gasteiger partial charge in [-0.1, -0.05) is 0 Å². The van der Waals surface area contributed by atoms with Crippen molar-refractivity contribution in [3.05, 3.63) is 24.3 Å². The van der Waals surface area contributed by atoms with Crippen LogP contribution in [0.3, 0.4) is 0 Å². The van der Waals surface area contributed by atoms with Crippen LogP contribution in [0.15, 0.2) is 24.3 Å². The average molecular weight is 304 g/mol. The average Bonchev–Trinajstić information content (AvgIpc) is 2.49. The Morgan fingerprint density at radius 1 is 1.18 bits per heavy atom. The number of hydrogen-bond acceptors (Lipinski definition) is 3. The number of benzene rings is 1. The Labute approximate surface area is 131 Å². The lowest BCUT2D eigenvalue weighted by atomic mass is 9.96. The molecule has 5 nitrogen and oxygen atoms in total. The summed E-state index contributed by atoms with van der Waals surface area (Å²) in [5, 5.41) is 2.94. The van der Waals surface area contributed by atoms with Crippen LogP contribution in [0.25, 0.3) is 0 Å². The van der Waals surface area contributed by atoms with Crippen molar-refractivity contribution < 1.29 is 14.3 Å². The molecule has 0 aromatic heterocycles. The van der Waals surface area contributed by atoms with E-state index in [1.165, 1.54) is 0 Å². The van der Waals surface area contributed by atoms with E-state index in [2.05, 4.69) is 5.32 Å². The number of amides is 2. The number of piperidine rings is 1. The van der Waals surface area contributed by atoms with Crippen molar-refractivity contribution in [1.82, 2.24) is 4.90 Å². The van der Waals surface area contributed by atoms with Crippen molar-refractivity contribution >= 4 is 17.5 Å². The third-order valence-electron chi connectivity index (χ3n) is 3.80. The number of carbonyl (C=O) groups is 2. The van der Waals surface area contributed by atoms with Crippen molar-refractivity contribution in [3.8, 4) is 5.75 Å². The van der Waals surface area contributed by atoms with Crippen LogP contribution in [0.2, 0.25) is 0 Å². The summed E-state index contributed by atoms with van der Waals surface area (Å²) in [6.45, 7) is 6.84. The second-order valence-electron chi connectivity index (χ2n) is 5.96. The molecule has 2 amide bonds. The Bertz CT molecular complexity index is 517. The lowest BCUT2D eigenvalue weighted by molar-refractivity contribution is -0.132. The zero-order valence-corrected chi connectivity index (χ0v) is 13.5. The first-order valence-electron chi connectivity index (χ1n) is 7.79. The molecule has 120 valence electrons. The van der Waals surface area contributed by atoms with Crippen molar-refractivity contribution in [2.45, 2.75) is 39.7 Å². The largest absolute Gasteiger partial charge is 0.491 e. The first kappa shape index (κ1) is 16.3. The minimum Gasteiger partial charge on any atom is -0.491 e. The molecule has 1 fully saturated rings. The van der Waals surface area contributed by atoms with E-state index in [0.29, 0.717) is 13.1 Å². The van der Waals surface area contributed by atoms with E-state index in [-0.39, 0.29) is 23.8 Å². The van der Waals surface area contributed by atoms with Gasteiger partial charge in [0.15, 0.2) is 0 Å². The molecule has 1 aliphatic rings. The third kappa shape index (κ3) is 4.48. The van der Waals surface area contributed by atoms with Crippen LogP contribution in [-0.4, -0.2) is 35.9 Å². The Morgan fingerprint density at radius 3 is 2.27 bits per heavy atom. The molecule has 0 unspecified atom stereocenters. The van der Waals surface area contributed by atoms with Gasteiger partial charge in [0.25, 0.3) is 0 Å². The molecule has 0 atom stereocenters. The van der Waals surface area contributed by atoms with Gasteiger partial charge in [0.1, 0.15) is 5.75 Å². The topological polar surface area (TPSA) is 58.6 Å². The zero-order chi connectivity index (χ0) is 16.1. The monoisotopic (exact) mass is 304 g/mol. The van der Waals surface area contributed by atoms with Crippen molar-refractivity contribution in [2.75, 3.05) is 18.4 Å². The Morgan fingerprint density at radius 2 is 1.77 bits per heavy atom. The van der Waals surface area contributed by atoms with Gasteiger partial charge in [0.2, 0.25) is 11.8 Å². The number of nitrogens with one attached hydrogen (secondary N) is 1. The fourth-order valence-corrected chi connectivity index (χ4v) is 2.59. The number of hydrogen-bond donors (Lipinski definition) is 1. The molecule has 1 heterocycles. The highest BCUT2D eigenvalue weighted by Gasteiger charge is 2.25. The van der Waals surface area contributed by atoms with E-state index in [9.17, 15) is 9.59 Å². The first-order valence-corrected chi connectivity index (χ1v) is 7.79. The summed E-state index contributed by atoms with van der Waals surface area (Å²) >= 11 is 0. The predicted octanol–water partition coefficient (Wildman–Crippen LogP) is 2.67. The second-order valence-corrected chi connectivity index (χ2v) is 5.96. The van der Waals surface area contributed by atoms with Gasteiger partial charge in [-0.2, -0.15) is 0 Å². The molecule has 0 saturated carbocycles. The van der Waals surface area contributed by atoms with Crippen molar-refractivity contribution in [3.63, 3.8) is 0 Å². The lowest BCUT2D eigenvalue weighted by Gasteiger charge is -2.30. The van der Waals surface area contributed by atoms with Crippen LogP contribution in [0.4, 0.5) is 5.69 Å². The molecular formula is C17H24N2O3. The number of nitrogens with zero attached hydrogens (tertiary/aromatic N) is 1. The van der Waals surface area contributed by atoms with Crippen LogP contribution >= 0.6 is 0 Å². The van der Waals surface area contributed by atoms with Crippen LogP contribution in [0.1, 0.15) is 33.6 Å². The van der Waals surface area contributed by atoms with Gasteiger partial charge in [-0.15, -0.1) is 0 Å². The van der Waals surface area contributed by atoms with E-state index in [0.717, 1.165) is 24.3 Å². The Kier molecular flexibility index (Phi) is 5.41. The van der Waals surface area contributed by atoms with Crippen LogP contribution in [-0.2, 0) is 9.59 Å². The Balaban J connectivity index is 1.86. The minimum absolute atomic E-state index is 0.0257. The standard InChI is InChI=1S/C17H24N2O3/c1-12(2)22-16-6-4-15(5-7-16)18-17(21)14-8-10-19(11-9-14)13(3)20/h4-7,12,14H,8-11H2,1-3H3,(H,18,21). The Hall–Kier alpha value is -2.04. The van der Waals surface area contributed by atoms with E-state index < -0.39 is 0 Å². The molecule has 1 saturated heterocycles. The fraction of sp³-hybridized carbons (Fsp3) is 0.529. The lowest BCUT2D eigenvalue weighted by Crippen LogP contribution is -2.40. The highest BCUT2D eigenvalue weighted by Crippen LogP contribution is 2.21. The molecular weight excluding hydrogens is 280 g/mol. The molecule has 1 aromatic carbocycles. The number of likely N-dealkylation sites (tertiary alicyclic amines) is 1. The van der Waals surface area contributed by atoms with Gasteiger partial charge < -0.3 is 15.0 Å². The molecule has 0 spiro atoms. The molecule has 0 aliphatic carbocycles. The summed E-state index contributed by atoms with van der Waals surface area (Å²) in [7, 11) is 0. The molecule has 5 heteroatoms. The smallest absolute Gasteiger partial charge is 0.227 e. The summed E-state index contributed by atoms with van der Waals surface area (Å²) in [4.78, 5) is 25.3. The fourth-order valence-electron chi connectivity index (χ4n) is 2.59. The maximum atomic E-state index is 12.3. The summed E-state index contributed by atoms with van der Waals surface area (Å²) in [5.74, 6) is 0.880. The molecule has 1 aromatic rings. The maximum absolute atomic E-state index is 12.3. The molecule has 1 aliphatic heterocycles. The SMILES string of the molecule is CC(=O)N1CCC(C(=O)Nc2ccc(OC(C)C)cc2)CC1. The summed E-state index contributed by atoms with van der Waals surface area (Å²) in [6, 6.07) is 7.41. The van der Waals surface area contributed by atoms with Crippen LogP contribution in [0, 0.1) is 5.92 Å². The molecule has 1 N–H and O–H groups in total. The first-order chi connectivity index (χ1) is 10.5. The van der Waals surface area contributed by atoms with Crippen molar-refractivity contribution in [2.24, 2.45) is 5.92 Å². The summed E-state index contributed by atoms with van der Waals surface area (Å²) in [5.41, 5.74) is 0.773. The second kappa shape index (κ2) is 7.29. The quantitative estimate of drug-likeness (QED) is 0.930. The predicted molar refractivity (Wildman–Crippen MR) is 85.8 cm³/mol. The van der Waals surface area contributed by atoms with E-state index in [1.807, 2.05) is 38.1 Å². The zero-order valence-electron chi connectivity index (χ0n) is 13.5. The van der Waals surface area contributed by atoms with Gasteiger partial charge in [-0.25, -0.2) is 0 Å². The normalized spacial score (nSPS) is 15.7. The molecule has 0 radical (unpaired) electrons. The highest BCUT2D eigenvalue weighted by atomic mass is 16.5. The number of rotatable bonds is 4. The third-order valence-corrected chi connectivity index (χ3v) is 3.80. The van der Waals surface area contributed by atoms with Gasteiger partial charge >= 0.3 is 0 Å². The van der Waals surface area contributed by atoms with E-state index in [1.54, 1.807) is 11.8 Å². The minimum atomic E-state index is -0.0257. The van der Waals surface area contributed by atoms with Gasteiger partial charge in [-0.05, 0) is 51.0 Å². The summed E-state index contributed by atoms with van der Waals surface area (Å²) < 4.78 is 5.57. The molecule has 22 heavy (non-hydrogen) atoms. The van der Waals surface area contributed by atoms with Gasteiger partial charge in [-0.3, -0.25) is 9.59 Å². The van der Waals surface area contributed by atoms with Gasteiger partial charge in [0.05, 0.1) is 6.10 Å². The maximum Gasteiger partial charge on any atom is 0.227 e. The van der Waals surface area contributed by atoms with E-state index in [4.69, 9.17) is 4.74 Å². The summed E-state index contributed by atoms with van der Waals surface area (Å²) in [6.07, 6.45) is 1.58. The van der Waals surface area contributed by atoms with E-state index >= 15 is 0 Å². The van der Waals surface area contributed by atoms with Gasteiger partial charge in [0, 0.05) is 31.6 Å². The number of anilines is 1. The molecule has 2 rings (SSSR count). The molecule has 0 bridgehead atoms. The number of carbonyl (C=O) groups excluding carboxylic acids is 2. The van der Waals surface area contributed by atoms with Crippen LogP contribution < -0.4 is 10.1 Å². The number of ether oxygens (including phenoxy) is 1. The van der Waals surface area contributed by atoms with Crippen molar-refractivity contribution in [1.29, 1.82) is 0 Å².